The number of nitrogens with zero attached hydrogens (tertiary/aromatic N) is 1. The molecule has 0 spiro atoms. The molecule has 1 aliphatic rings. The summed E-state index contributed by atoms with van der Waals surface area (Å²) < 4.78 is 5.31. The summed E-state index contributed by atoms with van der Waals surface area (Å²) in [6.45, 7) is 5.62. The van der Waals surface area contributed by atoms with Gasteiger partial charge < -0.3 is 9.84 Å². The average Bonchev–Trinajstić information content (AvgIpc) is 2.22. The highest BCUT2D eigenvalue weighted by atomic mass is 16.5. The second-order valence-corrected chi connectivity index (χ2v) is 4.82. The Balaban J connectivity index is 2.39. The van der Waals surface area contributed by atoms with E-state index in [1.165, 1.54) is 0 Å². The van der Waals surface area contributed by atoms with E-state index in [1.54, 1.807) is 7.11 Å². The van der Waals surface area contributed by atoms with E-state index >= 15 is 0 Å². The number of carbonyl (C=O) groups is 1. The molecule has 2 rings (SSSR count). The summed E-state index contributed by atoms with van der Waals surface area (Å²) in [5, 5.41) is 9.40. The summed E-state index contributed by atoms with van der Waals surface area (Å²) in [6.07, 6.45) is 1.08. The van der Waals surface area contributed by atoms with Crippen molar-refractivity contribution in [2.75, 3.05) is 20.2 Å². The molecule has 1 atom stereocenters. The molecule has 0 saturated carbocycles. The third kappa shape index (κ3) is 2.20. The van der Waals surface area contributed by atoms with Crippen LogP contribution in [0.1, 0.15) is 29.2 Å². The Hall–Kier alpha value is -1.55. The minimum atomic E-state index is -0.779. The molecule has 0 unspecified atom stereocenters. The zero-order chi connectivity index (χ0) is 13.3. The monoisotopic (exact) mass is 249 g/mol. The molecule has 0 bridgehead atoms. The number of rotatable bonds is 4. The van der Waals surface area contributed by atoms with E-state index in [1.807, 2.05) is 30.9 Å². The van der Waals surface area contributed by atoms with Crippen molar-refractivity contribution in [2.45, 2.75) is 26.3 Å². The van der Waals surface area contributed by atoms with Crippen molar-refractivity contribution in [1.29, 1.82) is 0 Å². The lowest BCUT2D eigenvalue weighted by atomic mass is 9.97. The predicted octanol–water partition coefficient (Wildman–Crippen LogP) is 2.14. The van der Waals surface area contributed by atoms with E-state index in [9.17, 15) is 9.90 Å². The Morgan fingerprint density at radius 1 is 1.33 bits per heavy atom. The molecule has 4 heteroatoms. The third-order valence-electron chi connectivity index (χ3n) is 3.49. The highest BCUT2D eigenvalue weighted by Crippen LogP contribution is 2.31. The van der Waals surface area contributed by atoms with Crippen molar-refractivity contribution >= 4 is 5.97 Å². The van der Waals surface area contributed by atoms with Crippen LogP contribution in [0.25, 0.3) is 0 Å². The number of methoxy groups -OCH3 is 1. The van der Waals surface area contributed by atoms with Crippen molar-refractivity contribution in [3.63, 3.8) is 0 Å². The topological polar surface area (TPSA) is 49.8 Å². The van der Waals surface area contributed by atoms with Crippen LogP contribution in [-0.2, 0) is 4.79 Å². The predicted molar refractivity (Wildman–Crippen MR) is 69.0 cm³/mol. The van der Waals surface area contributed by atoms with Gasteiger partial charge in [-0.25, -0.2) is 0 Å². The number of aryl methyl sites for hydroxylation is 2. The fourth-order valence-corrected chi connectivity index (χ4v) is 2.57. The fraction of sp³-hybridized carbons (Fsp3) is 0.500. The zero-order valence-electron chi connectivity index (χ0n) is 11.1. The summed E-state index contributed by atoms with van der Waals surface area (Å²) in [4.78, 5) is 13.4. The molecule has 18 heavy (non-hydrogen) atoms. The molecule has 1 aromatic carbocycles. The maximum Gasteiger partial charge on any atom is 0.325 e. The van der Waals surface area contributed by atoms with Crippen LogP contribution in [0, 0.1) is 13.8 Å². The summed E-state index contributed by atoms with van der Waals surface area (Å²) in [6, 6.07) is 3.31. The van der Waals surface area contributed by atoms with Crippen LogP contribution in [0.4, 0.5) is 0 Å². The SMILES string of the molecule is COc1c(C)cc([C@@H](C(=O)O)N2CCC2)cc1C. The van der Waals surface area contributed by atoms with Gasteiger partial charge in [-0.05, 0) is 37.0 Å². The molecule has 1 fully saturated rings. The molecule has 0 amide bonds. The Labute approximate surface area is 107 Å². The zero-order valence-corrected chi connectivity index (χ0v) is 11.1. The van der Waals surface area contributed by atoms with Gasteiger partial charge >= 0.3 is 5.97 Å². The van der Waals surface area contributed by atoms with Crippen LogP contribution in [0.15, 0.2) is 12.1 Å². The largest absolute Gasteiger partial charge is 0.496 e. The maximum atomic E-state index is 11.4. The van der Waals surface area contributed by atoms with Crippen LogP contribution in [0.5, 0.6) is 5.75 Å². The molecule has 0 aromatic heterocycles. The van der Waals surface area contributed by atoms with Gasteiger partial charge in [0.2, 0.25) is 0 Å². The minimum Gasteiger partial charge on any atom is -0.496 e. The van der Waals surface area contributed by atoms with Gasteiger partial charge in [0.1, 0.15) is 11.8 Å². The van der Waals surface area contributed by atoms with Crippen molar-refractivity contribution < 1.29 is 14.6 Å². The van der Waals surface area contributed by atoms with Gasteiger partial charge in [-0.1, -0.05) is 12.1 Å². The van der Waals surface area contributed by atoms with Gasteiger partial charge in [-0.15, -0.1) is 0 Å². The van der Waals surface area contributed by atoms with E-state index in [4.69, 9.17) is 4.74 Å². The average molecular weight is 249 g/mol. The van der Waals surface area contributed by atoms with Crippen LogP contribution >= 0.6 is 0 Å². The molecule has 98 valence electrons. The number of likely N-dealkylation sites (tertiary alicyclic amines) is 1. The first kappa shape index (κ1) is 12.9. The number of carboxylic acids is 1. The Morgan fingerprint density at radius 2 is 1.89 bits per heavy atom. The summed E-state index contributed by atoms with van der Waals surface area (Å²) in [5.41, 5.74) is 2.82. The minimum absolute atomic E-state index is 0.526. The van der Waals surface area contributed by atoms with Gasteiger partial charge in [0, 0.05) is 13.1 Å². The second-order valence-electron chi connectivity index (χ2n) is 4.82. The first-order valence-electron chi connectivity index (χ1n) is 6.16. The Morgan fingerprint density at radius 3 is 2.22 bits per heavy atom. The summed E-state index contributed by atoms with van der Waals surface area (Å²) in [7, 11) is 1.64. The molecular formula is C14H19NO3. The quantitative estimate of drug-likeness (QED) is 0.888. The molecule has 1 N–H and O–H groups in total. The molecule has 1 aromatic rings. The summed E-state index contributed by atoms with van der Waals surface area (Å²) >= 11 is 0. The maximum absolute atomic E-state index is 11.4. The van der Waals surface area contributed by atoms with E-state index in [-0.39, 0.29) is 0 Å². The van der Waals surface area contributed by atoms with Gasteiger partial charge in [0.25, 0.3) is 0 Å². The third-order valence-corrected chi connectivity index (χ3v) is 3.49. The first-order valence-corrected chi connectivity index (χ1v) is 6.16. The number of benzene rings is 1. The van der Waals surface area contributed by atoms with Gasteiger partial charge in [-0.3, -0.25) is 9.69 Å². The van der Waals surface area contributed by atoms with Crippen LogP contribution < -0.4 is 4.74 Å². The lowest BCUT2D eigenvalue weighted by Crippen LogP contribution is -2.43. The lowest BCUT2D eigenvalue weighted by molar-refractivity contribution is -0.145. The smallest absolute Gasteiger partial charge is 0.325 e. The number of hydrogen-bond donors (Lipinski definition) is 1. The highest BCUT2D eigenvalue weighted by molar-refractivity contribution is 5.76. The highest BCUT2D eigenvalue weighted by Gasteiger charge is 2.31. The number of hydrogen-bond acceptors (Lipinski definition) is 3. The van der Waals surface area contributed by atoms with Crippen molar-refractivity contribution in [3.05, 3.63) is 28.8 Å². The standard InChI is InChI=1S/C14H19NO3/c1-9-7-11(8-10(2)13(9)18-3)12(14(16)17)15-5-4-6-15/h7-8,12H,4-6H2,1-3H3,(H,16,17)/t12-/m0/s1. The second kappa shape index (κ2) is 4.98. The first-order chi connectivity index (χ1) is 8.54. The molecular weight excluding hydrogens is 230 g/mol. The van der Waals surface area contributed by atoms with Gasteiger partial charge in [0.05, 0.1) is 7.11 Å². The Bertz CT molecular complexity index is 443. The van der Waals surface area contributed by atoms with E-state index < -0.39 is 12.0 Å². The van der Waals surface area contributed by atoms with Crippen molar-refractivity contribution in [1.82, 2.24) is 4.90 Å². The van der Waals surface area contributed by atoms with Crippen LogP contribution in [0.3, 0.4) is 0 Å². The van der Waals surface area contributed by atoms with Crippen molar-refractivity contribution in [2.24, 2.45) is 0 Å². The van der Waals surface area contributed by atoms with Crippen LogP contribution in [-0.4, -0.2) is 36.2 Å². The van der Waals surface area contributed by atoms with Gasteiger partial charge in [0.15, 0.2) is 0 Å². The lowest BCUT2D eigenvalue weighted by Gasteiger charge is -2.36. The molecule has 1 aliphatic heterocycles. The Kier molecular flexibility index (Phi) is 3.57. The number of aliphatic carboxylic acids is 1. The van der Waals surface area contributed by atoms with Crippen molar-refractivity contribution in [3.8, 4) is 5.75 Å². The number of ether oxygens (including phenoxy) is 1. The fourth-order valence-electron chi connectivity index (χ4n) is 2.57. The van der Waals surface area contributed by atoms with Crippen LogP contribution in [0.2, 0.25) is 0 Å². The molecule has 0 aliphatic carbocycles. The van der Waals surface area contributed by atoms with E-state index in [2.05, 4.69) is 0 Å². The molecule has 1 saturated heterocycles. The van der Waals surface area contributed by atoms with E-state index in [0.29, 0.717) is 0 Å². The summed E-state index contributed by atoms with van der Waals surface area (Å²) in [5.74, 6) is 0.0603. The normalized spacial score (nSPS) is 17.1. The molecule has 0 radical (unpaired) electrons. The van der Waals surface area contributed by atoms with E-state index in [0.717, 1.165) is 42.0 Å². The van der Waals surface area contributed by atoms with Gasteiger partial charge in [-0.2, -0.15) is 0 Å². The molecule has 4 nitrogen and oxygen atoms in total. The number of carboxylic acid groups (broad SMARTS) is 1. The molecule has 1 heterocycles.